The largest absolute Gasteiger partial charge is 0.481 e. The standard InChI is InChI=1S/C18H24ClNO4/c1-3-16(24-15-7-5-14(19)6-8-15)17(21)20-11-9-13(10-12-20)18(22)23-4-2/h5-8,13,16H,3-4,9-12H2,1-2H3/t16-/m1/s1. The predicted octanol–water partition coefficient (Wildman–Crippen LogP) is 3.30. The van der Waals surface area contributed by atoms with Crippen molar-refractivity contribution in [2.24, 2.45) is 5.92 Å². The molecule has 5 nitrogen and oxygen atoms in total. The van der Waals surface area contributed by atoms with E-state index >= 15 is 0 Å². The molecule has 1 saturated heterocycles. The molecule has 2 rings (SSSR count). The van der Waals surface area contributed by atoms with Gasteiger partial charge in [-0.2, -0.15) is 0 Å². The van der Waals surface area contributed by atoms with E-state index in [0.717, 1.165) is 0 Å². The molecule has 132 valence electrons. The van der Waals surface area contributed by atoms with Crippen LogP contribution < -0.4 is 4.74 Å². The molecule has 6 heteroatoms. The fourth-order valence-corrected chi connectivity index (χ4v) is 2.91. The summed E-state index contributed by atoms with van der Waals surface area (Å²) in [6.07, 6.45) is 1.34. The first-order valence-corrected chi connectivity index (χ1v) is 8.80. The summed E-state index contributed by atoms with van der Waals surface area (Å²) in [7, 11) is 0. The molecule has 0 bridgehead atoms. The van der Waals surface area contributed by atoms with Crippen molar-refractivity contribution in [3.05, 3.63) is 29.3 Å². The van der Waals surface area contributed by atoms with Gasteiger partial charge >= 0.3 is 5.97 Å². The van der Waals surface area contributed by atoms with Crippen LogP contribution in [0.3, 0.4) is 0 Å². The number of hydrogen-bond acceptors (Lipinski definition) is 4. The molecule has 1 aliphatic rings. The summed E-state index contributed by atoms with van der Waals surface area (Å²) in [6.45, 7) is 5.23. The van der Waals surface area contributed by atoms with E-state index < -0.39 is 6.10 Å². The zero-order valence-corrected chi connectivity index (χ0v) is 14.9. The fraction of sp³-hybridized carbons (Fsp3) is 0.556. The first kappa shape index (κ1) is 18.6. The monoisotopic (exact) mass is 353 g/mol. The molecule has 0 aliphatic carbocycles. The number of carbonyl (C=O) groups is 2. The lowest BCUT2D eigenvalue weighted by Crippen LogP contribution is -2.46. The van der Waals surface area contributed by atoms with Crippen molar-refractivity contribution < 1.29 is 19.1 Å². The summed E-state index contributed by atoms with van der Waals surface area (Å²) < 4.78 is 10.9. The fourth-order valence-electron chi connectivity index (χ4n) is 2.79. The second-order valence-electron chi connectivity index (χ2n) is 5.82. The van der Waals surface area contributed by atoms with Gasteiger partial charge in [0.25, 0.3) is 5.91 Å². The van der Waals surface area contributed by atoms with Crippen molar-refractivity contribution in [2.45, 2.75) is 39.2 Å². The molecule has 0 spiro atoms. The van der Waals surface area contributed by atoms with Crippen molar-refractivity contribution >= 4 is 23.5 Å². The lowest BCUT2D eigenvalue weighted by molar-refractivity contribution is -0.152. The van der Waals surface area contributed by atoms with Gasteiger partial charge < -0.3 is 14.4 Å². The third kappa shape index (κ3) is 4.87. The Bertz CT molecular complexity index is 553. The van der Waals surface area contributed by atoms with Crippen molar-refractivity contribution in [1.29, 1.82) is 0 Å². The van der Waals surface area contributed by atoms with Gasteiger partial charge in [-0.3, -0.25) is 9.59 Å². The number of esters is 1. The second kappa shape index (κ2) is 8.92. The smallest absolute Gasteiger partial charge is 0.309 e. The molecular formula is C18H24ClNO4. The van der Waals surface area contributed by atoms with Gasteiger partial charge in [-0.25, -0.2) is 0 Å². The highest BCUT2D eigenvalue weighted by molar-refractivity contribution is 6.30. The maximum Gasteiger partial charge on any atom is 0.309 e. The number of ether oxygens (including phenoxy) is 2. The van der Waals surface area contributed by atoms with Crippen LogP contribution >= 0.6 is 11.6 Å². The number of nitrogens with zero attached hydrogens (tertiary/aromatic N) is 1. The lowest BCUT2D eigenvalue weighted by Gasteiger charge is -2.33. The minimum absolute atomic E-state index is 0.0326. The molecule has 1 heterocycles. The van der Waals surface area contributed by atoms with Gasteiger partial charge in [0.05, 0.1) is 12.5 Å². The summed E-state index contributed by atoms with van der Waals surface area (Å²) in [5, 5.41) is 0.628. The molecule has 1 aromatic carbocycles. The quantitative estimate of drug-likeness (QED) is 0.736. The Morgan fingerprint density at radius 1 is 1.21 bits per heavy atom. The number of likely N-dealkylation sites (tertiary alicyclic amines) is 1. The maximum atomic E-state index is 12.7. The minimum atomic E-state index is -0.523. The Morgan fingerprint density at radius 2 is 1.83 bits per heavy atom. The van der Waals surface area contributed by atoms with Crippen LogP contribution in [-0.2, 0) is 14.3 Å². The second-order valence-corrected chi connectivity index (χ2v) is 6.26. The van der Waals surface area contributed by atoms with Crippen LogP contribution in [0.4, 0.5) is 0 Å². The molecule has 1 fully saturated rings. The molecule has 0 saturated carbocycles. The van der Waals surface area contributed by atoms with E-state index in [1.807, 2.05) is 6.92 Å². The first-order chi connectivity index (χ1) is 11.5. The van der Waals surface area contributed by atoms with Crippen molar-refractivity contribution in [3.63, 3.8) is 0 Å². The highest BCUT2D eigenvalue weighted by Gasteiger charge is 2.31. The molecular weight excluding hydrogens is 330 g/mol. The SMILES string of the molecule is CCOC(=O)C1CCN(C(=O)[C@@H](CC)Oc2ccc(Cl)cc2)CC1. The number of carbonyl (C=O) groups excluding carboxylic acids is 2. The number of rotatable bonds is 6. The Labute approximate surface area is 147 Å². The van der Waals surface area contributed by atoms with Crippen LogP contribution in [0.5, 0.6) is 5.75 Å². The van der Waals surface area contributed by atoms with E-state index in [2.05, 4.69) is 0 Å². The number of piperidine rings is 1. The number of halogens is 1. The molecule has 24 heavy (non-hydrogen) atoms. The van der Waals surface area contributed by atoms with Gasteiger partial charge in [0.2, 0.25) is 0 Å². The molecule has 1 aromatic rings. The Kier molecular flexibility index (Phi) is 6.91. The number of benzene rings is 1. The average Bonchev–Trinajstić information content (AvgIpc) is 2.61. The average molecular weight is 354 g/mol. The van der Waals surface area contributed by atoms with Gasteiger partial charge in [0.1, 0.15) is 5.75 Å². The molecule has 1 atom stereocenters. The van der Waals surface area contributed by atoms with Gasteiger partial charge in [-0.05, 0) is 50.5 Å². The van der Waals surface area contributed by atoms with E-state index in [9.17, 15) is 9.59 Å². The van der Waals surface area contributed by atoms with E-state index in [1.165, 1.54) is 0 Å². The van der Waals surface area contributed by atoms with Gasteiger partial charge in [-0.1, -0.05) is 18.5 Å². The normalized spacial score (nSPS) is 16.5. The maximum absolute atomic E-state index is 12.7. The third-order valence-corrected chi connectivity index (χ3v) is 4.42. The summed E-state index contributed by atoms with van der Waals surface area (Å²) >= 11 is 5.86. The van der Waals surface area contributed by atoms with Crippen LogP contribution in [0, 0.1) is 5.92 Å². The molecule has 1 amide bonds. The van der Waals surface area contributed by atoms with Crippen molar-refractivity contribution in [3.8, 4) is 5.75 Å². The van der Waals surface area contributed by atoms with Crippen LogP contribution in [0.1, 0.15) is 33.1 Å². The van der Waals surface area contributed by atoms with E-state index in [4.69, 9.17) is 21.1 Å². The van der Waals surface area contributed by atoms with Gasteiger partial charge in [-0.15, -0.1) is 0 Å². The number of amides is 1. The molecule has 0 radical (unpaired) electrons. The molecule has 0 aromatic heterocycles. The van der Waals surface area contributed by atoms with Crippen LogP contribution in [-0.4, -0.2) is 42.6 Å². The van der Waals surface area contributed by atoms with E-state index in [1.54, 1.807) is 36.1 Å². The Balaban J connectivity index is 1.90. The lowest BCUT2D eigenvalue weighted by atomic mass is 9.96. The number of hydrogen-bond donors (Lipinski definition) is 0. The molecule has 1 aliphatic heterocycles. The van der Waals surface area contributed by atoms with Crippen LogP contribution in [0.2, 0.25) is 5.02 Å². The zero-order valence-electron chi connectivity index (χ0n) is 14.2. The highest BCUT2D eigenvalue weighted by Crippen LogP contribution is 2.22. The first-order valence-electron chi connectivity index (χ1n) is 8.42. The highest BCUT2D eigenvalue weighted by atomic mass is 35.5. The van der Waals surface area contributed by atoms with Gasteiger partial charge in [0.15, 0.2) is 6.10 Å². The third-order valence-electron chi connectivity index (χ3n) is 4.16. The predicted molar refractivity (Wildman–Crippen MR) is 92.1 cm³/mol. The molecule has 0 N–H and O–H groups in total. The van der Waals surface area contributed by atoms with Gasteiger partial charge in [0, 0.05) is 18.1 Å². The van der Waals surface area contributed by atoms with Crippen molar-refractivity contribution in [1.82, 2.24) is 4.90 Å². The van der Waals surface area contributed by atoms with E-state index in [-0.39, 0.29) is 17.8 Å². The Morgan fingerprint density at radius 3 is 2.38 bits per heavy atom. The summed E-state index contributed by atoms with van der Waals surface area (Å²) in [6, 6.07) is 6.98. The molecule has 0 unspecified atom stereocenters. The van der Waals surface area contributed by atoms with E-state index in [0.29, 0.717) is 49.7 Å². The minimum Gasteiger partial charge on any atom is -0.481 e. The topological polar surface area (TPSA) is 55.8 Å². The summed E-state index contributed by atoms with van der Waals surface area (Å²) in [5.74, 6) is 0.330. The van der Waals surface area contributed by atoms with Crippen LogP contribution in [0.15, 0.2) is 24.3 Å². The summed E-state index contributed by atoms with van der Waals surface area (Å²) in [4.78, 5) is 26.2. The Hall–Kier alpha value is -1.75. The summed E-state index contributed by atoms with van der Waals surface area (Å²) in [5.41, 5.74) is 0. The van der Waals surface area contributed by atoms with Crippen LogP contribution in [0.25, 0.3) is 0 Å². The zero-order chi connectivity index (χ0) is 17.5. The van der Waals surface area contributed by atoms with Crippen molar-refractivity contribution in [2.75, 3.05) is 19.7 Å².